The molecule has 2 aliphatic rings. The van der Waals surface area contributed by atoms with E-state index >= 15 is 0 Å². The molecule has 0 saturated heterocycles. The number of methoxy groups -OCH3 is 1. The van der Waals surface area contributed by atoms with E-state index < -0.39 is 11.8 Å². The number of amides is 2. The van der Waals surface area contributed by atoms with E-state index in [1.807, 2.05) is 42.2 Å². The number of esters is 1. The molecule has 2 atom stereocenters. The second-order valence-electron chi connectivity index (χ2n) is 10.4. The molecule has 0 spiro atoms. The fourth-order valence-corrected chi connectivity index (χ4v) is 6.24. The van der Waals surface area contributed by atoms with E-state index in [1.54, 1.807) is 24.3 Å². The van der Waals surface area contributed by atoms with E-state index in [-0.39, 0.29) is 35.2 Å². The molecule has 2 bridgehead atoms. The lowest BCUT2D eigenvalue weighted by molar-refractivity contribution is -0.132. The zero-order chi connectivity index (χ0) is 29.3. The van der Waals surface area contributed by atoms with Gasteiger partial charge in [-0.2, -0.15) is 0 Å². The van der Waals surface area contributed by atoms with Crippen LogP contribution in [0.5, 0.6) is 0 Å². The van der Waals surface area contributed by atoms with Crippen LogP contribution in [0.1, 0.15) is 60.1 Å². The highest BCUT2D eigenvalue weighted by molar-refractivity contribution is 9.10. The number of nitrogens with zero attached hydrogens (tertiary/aromatic N) is 1. The zero-order valence-electron chi connectivity index (χ0n) is 22.7. The van der Waals surface area contributed by atoms with Crippen molar-refractivity contribution in [2.45, 2.75) is 38.6 Å². The number of hydrogen-bond donors (Lipinski definition) is 1. The summed E-state index contributed by atoms with van der Waals surface area (Å²) in [5.41, 5.74) is 4.29. The lowest BCUT2D eigenvalue weighted by Gasteiger charge is -2.35. The number of nitrogens with one attached hydrogen (secondary N) is 1. The van der Waals surface area contributed by atoms with E-state index in [0.717, 1.165) is 17.5 Å². The van der Waals surface area contributed by atoms with Gasteiger partial charge in [0.05, 0.1) is 30.2 Å². The molecule has 41 heavy (non-hydrogen) atoms. The van der Waals surface area contributed by atoms with Gasteiger partial charge < -0.3 is 15.0 Å². The van der Waals surface area contributed by atoms with Crippen LogP contribution in [0, 0.1) is 11.7 Å². The van der Waals surface area contributed by atoms with Gasteiger partial charge in [-0.3, -0.25) is 9.59 Å². The Bertz CT molecular complexity index is 1570. The topological polar surface area (TPSA) is 75.7 Å². The maximum Gasteiger partial charge on any atom is 0.337 e. The molecule has 0 aromatic heterocycles. The highest BCUT2D eigenvalue weighted by atomic mass is 79.9. The summed E-state index contributed by atoms with van der Waals surface area (Å²) in [6.45, 7) is 2.19. The Morgan fingerprint density at radius 3 is 2.68 bits per heavy atom. The Morgan fingerprint density at radius 1 is 1.12 bits per heavy atom. The average Bonchev–Trinajstić information content (AvgIpc) is 2.97. The van der Waals surface area contributed by atoms with Crippen LogP contribution in [0.25, 0.3) is 16.7 Å². The first-order chi connectivity index (χ1) is 19.7. The molecule has 6 nitrogen and oxygen atoms in total. The number of fused-ring (bicyclic) bond motifs is 4. The van der Waals surface area contributed by atoms with Crippen LogP contribution in [-0.2, 0) is 14.3 Å². The van der Waals surface area contributed by atoms with Crippen molar-refractivity contribution in [3.63, 3.8) is 0 Å². The maximum atomic E-state index is 14.9. The van der Waals surface area contributed by atoms with Crippen molar-refractivity contribution >= 4 is 56.6 Å². The third kappa shape index (κ3) is 5.95. The smallest absolute Gasteiger partial charge is 0.337 e. The lowest BCUT2D eigenvalue weighted by Crippen LogP contribution is -2.38. The number of halogens is 3. The van der Waals surface area contributed by atoms with Crippen LogP contribution >= 0.6 is 27.5 Å². The van der Waals surface area contributed by atoms with Gasteiger partial charge in [0, 0.05) is 33.7 Å². The fraction of sp³-hybridized carbons (Fsp3) is 0.281. The Kier molecular flexibility index (Phi) is 8.61. The maximum absolute atomic E-state index is 14.9. The van der Waals surface area contributed by atoms with E-state index in [1.165, 1.54) is 13.2 Å². The van der Waals surface area contributed by atoms with Gasteiger partial charge in [0.15, 0.2) is 0 Å². The van der Waals surface area contributed by atoms with Crippen molar-refractivity contribution in [1.29, 1.82) is 0 Å². The molecular weight excluding hydrogens is 611 g/mol. The molecule has 1 N–H and O–H groups in total. The molecule has 9 heteroatoms. The van der Waals surface area contributed by atoms with E-state index in [0.29, 0.717) is 51.8 Å². The summed E-state index contributed by atoms with van der Waals surface area (Å²) >= 11 is 9.44. The number of hydrogen-bond acceptors (Lipinski definition) is 4. The molecule has 0 saturated carbocycles. The summed E-state index contributed by atoms with van der Waals surface area (Å²) in [6.07, 6.45) is 3.94. The number of ether oxygens (including phenoxy) is 1. The van der Waals surface area contributed by atoms with Crippen LogP contribution < -0.4 is 5.32 Å². The van der Waals surface area contributed by atoms with E-state index in [2.05, 4.69) is 21.2 Å². The molecule has 0 fully saturated rings. The minimum absolute atomic E-state index is 0.00362. The van der Waals surface area contributed by atoms with Crippen molar-refractivity contribution < 1.29 is 23.5 Å². The van der Waals surface area contributed by atoms with Gasteiger partial charge in [0.2, 0.25) is 11.8 Å². The summed E-state index contributed by atoms with van der Waals surface area (Å²) < 4.78 is 20.4. The lowest BCUT2D eigenvalue weighted by atomic mass is 9.90. The van der Waals surface area contributed by atoms with Crippen molar-refractivity contribution in [1.82, 2.24) is 4.90 Å². The Hall–Kier alpha value is -3.49. The summed E-state index contributed by atoms with van der Waals surface area (Å²) in [7, 11) is 1.32. The number of carbonyl (C=O) groups is 3. The first-order valence-corrected chi connectivity index (χ1v) is 14.6. The summed E-state index contributed by atoms with van der Waals surface area (Å²) in [5.74, 6) is -1.51. The molecule has 0 radical (unpaired) electrons. The third-order valence-electron chi connectivity index (χ3n) is 7.78. The first kappa shape index (κ1) is 29.0. The monoisotopic (exact) mass is 638 g/mol. The van der Waals surface area contributed by atoms with Gasteiger partial charge in [0.1, 0.15) is 5.82 Å². The molecule has 5 rings (SSSR count). The molecule has 2 heterocycles. The highest BCUT2D eigenvalue weighted by Crippen LogP contribution is 2.39. The predicted octanol–water partition coefficient (Wildman–Crippen LogP) is 7.81. The molecule has 0 unspecified atom stereocenters. The summed E-state index contributed by atoms with van der Waals surface area (Å²) in [4.78, 5) is 40.8. The molecule has 212 valence electrons. The molecule has 3 aromatic rings. The Labute approximate surface area is 251 Å². The van der Waals surface area contributed by atoms with E-state index in [4.69, 9.17) is 16.3 Å². The Morgan fingerprint density at radius 2 is 1.93 bits per heavy atom. The number of anilines is 1. The van der Waals surface area contributed by atoms with Crippen LogP contribution in [-0.4, -0.2) is 36.3 Å². The normalized spacial score (nSPS) is 19.3. The third-order valence-corrected chi connectivity index (χ3v) is 8.73. The molecule has 2 amide bonds. The van der Waals surface area contributed by atoms with Crippen molar-refractivity contribution in [2.75, 3.05) is 19.0 Å². The van der Waals surface area contributed by atoms with Crippen molar-refractivity contribution in [3.8, 4) is 11.1 Å². The van der Waals surface area contributed by atoms with Crippen LogP contribution in [0.15, 0.2) is 65.1 Å². The van der Waals surface area contributed by atoms with Crippen molar-refractivity contribution in [2.24, 2.45) is 5.92 Å². The van der Waals surface area contributed by atoms with Crippen LogP contribution in [0.4, 0.5) is 10.1 Å². The van der Waals surface area contributed by atoms with Crippen LogP contribution in [0.2, 0.25) is 5.02 Å². The molecule has 3 aromatic carbocycles. The summed E-state index contributed by atoms with van der Waals surface area (Å²) in [6, 6.07) is 15.8. The van der Waals surface area contributed by atoms with Gasteiger partial charge >= 0.3 is 5.97 Å². The quantitative estimate of drug-likeness (QED) is 0.234. The van der Waals surface area contributed by atoms with Gasteiger partial charge in [-0.05, 0) is 65.9 Å². The average molecular weight is 640 g/mol. The Balaban J connectivity index is 1.55. The van der Waals surface area contributed by atoms with Crippen LogP contribution in [0.3, 0.4) is 0 Å². The first-order valence-electron chi connectivity index (χ1n) is 13.4. The second-order valence-corrected chi connectivity index (χ2v) is 11.6. The standard InChI is InChI=1S/C32H29BrClFN2O4/c1-18-5-3-8-27(37-14-13-21(17-28(37)38)29-24(33)10-11-25(34)30(29)35)20-7-4-6-19(15-20)23-16-22(32(40)41-2)9-12-26(23)36-31(18)39/h4,6-7,9-13,15-16,18,27H,3,5,8,14,17H2,1-2H3,(H,36,39)/t18-,27+/m1/s1. The number of rotatable bonds is 3. The second kappa shape index (κ2) is 12.2. The minimum atomic E-state index is -0.551. The minimum Gasteiger partial charge on any atom is -0.465 e. The molecule has 0 aliphatic carbocycles. The van der Waals surface area contributed by atoms with Gasteiger partial charge in [0.25, 0.3) is 0 Å². The summed E-state index contributed by atoms with van der Waals surface area (Å²) in [5, 5.41) is 3.03. The molecular formula is C32H29BrClFN2O4. The van der Waals surface area contributed by atoms with Gasteiger partial charge in [-0.15, -0.1) is 0 Å². The molecule has 2 aliphatic heterocycles. The zero-order valence-corrected chi connectivity index (χ0v) is 25.0. The highest BCUT2D eigenvalue weighted by Gasteiger charge is 2.31. The number of carbonyl (C=O) groups excluding carboxylic acids is 3. The number of benzene rings is 3. The van der Waals surface area contributed by atoms with Crippen molar-refractivity contribution in [3.05, 3.63) is 92.7 Å². The largest absolute Gasteiger partial charge is 0.465 e. The fourth-order valence-electron chi connectivity index (χ4n) is 5.52. The van der Waals surface area contributed by atoms with Gasteiger partial charge in [-0.25, -0.2) is 9.18 Å². The van der Waals surface area contributed by atoms with E-state index in [9.17, 15) is 18.8 Å². The van der Waals surface area contributed by atoms with Gasteiger partial charge in [-0.1, -0.05) is 65.2 Å². The SMILES string of the molecule is COC(=O)c1ccc2c(c1)-c1cccc(c1)[C@@H](N1CC=C(c3c(Br)ccc(Cl)c3F)CC1=O)CCC[C@@H](C)C(=O)N2. The predicted molar refractivity (Wildman–Crippen MR) is 161 cm³/mol.